The Morgan fingerprint density at radius 2 is 1.75 bits per heavy atom. The van der Waals surface area contributed by atoms with Crippen molar-refractivity contribution in [3.63, 3.8) is 0 Å². The summed E-state index contributed by atoms with van der Waals surface area (Å²) < 4.78 is 5.62. The van der Waals surface area contributed by atoms with Gasteiger partial charge in [-0.25, -0.2) is 0 Å². The van der Waals surface area contributed by atoms with E-state index >= 15 is 0 Å². The average molecular weight is 391 g/mol. The first kappa shape index (κ1) is 19.0. The molecule has 0 spiro atoms. The Labute approximate surface area is 139 Å². The summed E-state index contributed by atoms with van der Waals surface area (Å²) in [5, 5.41) is 6.55. The predicted molar refractivity (Wildman–Crippen MR) is 96.2 cm³/mol. The molecule has 4 nitrogen and oxygen atoms in total. The molecule has 0 aromatic heterocycles. The molecule has 0 aliphatic carbocycles. The Hall–Kier alpha value is -0.980. The van der Waals surface area contributed by atoms with Gasteiger partial charge in [0.05, 0.1) is 6.61 Å². The summed E-state index contributed by atoms with van der Waals surface area (Å²) in [5.41, 5.74) is 0. The molecule has 0 radical (unpaired) electrons. The summed E-state index contributed by atoms with van der Waals surface area (Å²) in [5.74, 6) is 1.79. The number of para-hydroxylation sites is 1. The van der Waals surface area contributed by atoms with Crippen molar-refractivity contribution in [2.45, 2.75) is 26.2 Å². The zero-order valence-corrected chi connectivity index (χ0v) is 14.7. The molecule has 2 N–H and O–H groups in total. The van der Waals surface area contributed by atoms with Crippen LogP contribution in [0.5, 0.6) is 5.75 Å². The van der Waals surface area contributed by atoms with E-state index in [1.54, 1.807) is 7.05 Å². The molecule has 0 fully saturated rings. The minimum Gasteiger partial charge on any atom is -0.494 e. The van der Waals surface area contributed by atoms with Gasteiger partial charge in [-0.15, -0.1) is 24.0 Å². The van der Waals surface area contributed by atoms with Crippen molar-refractivity contribution in [1.29, 1.82) is 0 Å². The molecular weight excluding hydrogens is 365 g/mol. The van der Waals surface area contributed by atoms with Crippen LogP contribution in [0.2, 0.25) is 0 Å². The number of nitrogens with one attached hydrogen (secondary N) is 2. The Kier molecular flexibility index (Phi) is 12.4. The second-order valence-corrected chi connectivity index (χ2v) is 4.29. The molecule has 1 aromatic carbocycles. The lowest BCUT2D eigenvalue weighted by Crippen LogP contribution is -2.38. The summed E-state index contributed by atoms with van der Waals surface area (Å²) >= 11 is 0. The van der Waals surface area contributed by atoms with Crippen molar-refractivity contribution in [1.82, 2.24) is 10.6 Å². The van der Waals surface area contributed by atoms with Crippen molar-refractivity contribution >= 4 is 29.9 Å². The monoisotopic (exact) mass is 391 g/mol. The van der Waals surface area contributed by atoms with Gasteiger partial charge in [0.2, 0.25) is 0 Å². The minimum absolute atomic E-state index is 0. The SMILES string of the molecule is CCCCNC(=NC)NCCCOc1ccccc1.I. The quantitative estimate of drug-likeness (QED) is 0.310. The van der Waals surface area contributed by atoms with Gasteiger partial charge in [0.25, 0.3) is 0 Å². The third kappa shape index (κ3) is 9.01. The van der Waals surface area contributed by atoms with Crippen LogP contribution in [0.3, 0.4) is 0 Å². The minimum atomic E-state index is 0. The molecule has 0 amide bonds. The number of hydrogen-bond donors (Lipinski definition) is 2. The fourth-order valence-electron chi connectivity index (χ4n) is 1.59. The fraction of sp³-hybridized carbons (Fsp3) is 0.533. The Morgan fingerprint density at radius 3 is 2.35 bits per heavy atom. The summed E-state index contributed by atoms with van der Waals surface area (Å²) in [7, 11) is 1.79. The Morgan fingerprint density at radius 1 is 1.10 bits per heavy atom. The number of unbranched alkanes of at least 4 members (excludes halogenated alkanes) is 1. The largest absolute Gasteiger partial charge is 0.494 e. The lowest BCUT2D eigenvalue weighted by Gasteiger charge is -2.11. The smallest absolute Gasteiger partial charge is 0.190 e. The van der Waals surface area contributed by atoms with Crippen LogP contribution in [-0.2, 0) is 0 Å². The second kappa shape index (κ2) is 13.0. The van der Waals surface area contributed by atoms with Gasteiger partial charge >= 0.3 is 0 Å². The number of aliphatic imine (C=N–C) groups is 1. The highest BCUT2D eigenvalue weighted by Gasteiger charge is 1.96. The van der Waals surface area contributed by atoms with Gasteiger partial charge in [-0.1, -0.05) is 31.5 Å². The molecule has 0 unspecified atom stereocenters. The second-order valence-electron chi connectivity index (χ2n) is 4.29. The highest BCUT2D eigenvalue weighted by Crippen LogP contribution is 2.07. The van der Waals surface area contributed by atoms with E-state index in [0.717, 1.165) is 37.6 Å². The van der Waals surface area contributed by atoms with E-state index in [1.807, 2.05) is 30.3 Å². The lowest BCUT2D eigenvalue weighted by atomic mass is 10.3. The molecular formula is C15H26IN3O. The van der Waals surface area contributed by atoms with E-state index in [-0.39, 0.29) is 24.0 Å². The van der Waals surface area contributed by atoms with Crippen molar-refractivity contribution in [2.75, 3.05) is 26.7 Å². The van der Waals surface area contributed by atoms with Crippen molar-refractivity contribution < 1.29 is 4.74 Å². The molecule has 0 bridgehead atoms. The van der Waals surface area contributed by atoms with Crippen LogP contribution in [0.25, 0.3) is 0 Å². The van der Waals surface area contributed by atoms with Crippen LogP contribution in [0, 0.1) is 0 Å². The molecule has 0 atom stereocenters. The van der Waals surface area contributed by atoms with Crippen LogP contribution in [-0.4, -0.2) is 32.7 Å². The molecule has 114 valence electrons. The highest BCUT2D eigenvalue weighted by molar-refractivity contribution is 14.0. The van der Waals surface area contributed by atoms with Crippen molar-refractivity contribution in [3.8, 4) is 5.75 Å². The number of ether oxygens (including phenoxy) is 1. The number of hydrogen-bond acceptors (Lipinski definition) is 2. The standard InChI is InChI=1S/C15H25N3O.HI/c1-3-4-11-17-15(16-2)18-12-8-13-19-14-9-6-5-7-10-14;/h5-7,9-10H,3-4,8,11-13H2,1-2H3,(H2,16,17,18);1H. The third-order valence-corrected chi connectivity index (χ3v) is 2.67. The summed E-state index contributed by atoms with van der Waals surface area (Å²) in [4.78, 5) is 4.17. The maximum absolute atomic E-state index is 5.62. The zero-order chi connectivity index (χ0) is 13.8. The maximum atomic E-state index is 5.62. The van der Waals surface area contributed by atoms with Crippen LogP contribution in [0.15, 0.2) is 35.3 Å². The topological polar surface area (TPSA) is 45.7 Å². The molecule has 0 saturated carbocycles. The fourth-order valence-corrected chi connectivity index (χ4v) is 1.59. The normalized spacial score (nSPS) is 10.6. The number of rotatable bonds is 8. The highest BCUT2D eigenvalue weighted by atomic mass is 127. The summed E-state index contributed by atoms with van der Waals surface area (Å²) in [6.07, 6.45) is 3.30. The first-order valence-electron chi connectivity index (χ1n) is 6.99. The Bertz CT molecular complexity index is 357. The maximum Gasteiger partial charge on any atom is 0.190 e. The van der Waals surface area contributed by atoms with Gasteiger partial charge < -0.3 is 15.4 Å². The van der Waals surface area contributed by atoms with E-state index in [9.17, 15) is 0 Å². The van der Waals surface area contributed by atoms with E-state index in [0.29, 0.717) is 6.61 Å². The van der Waals surface area contributed by atoms with Crippen molar-refractivity contribution in [2.24, 2.45) is 4.99 Å². The van der Waals surface area contributed by atoms with E-state index < -0.39 is 0 Å². The first-order chi connectivity index (χ1) is 9.36. The molecule has 0 aliphatic rings. The van der Waals surface area contributed by atoms with Crippen LogP contribution < -0.4 is 15.4 Å². The van der Waals surface area contributed by atoms with Gasteiger partial charge in [0, 0.05) is 20.1 Å². The molecule has 5 heteroatoms. The van der Waals surface area contributed by atoms with E-state index in [4.69, 9.17) is 4.74 Å². The molecule has 1 aromatic rings. The summed E-state index contributed by atoms with van der Waals surface area (Å²) in [6.45, 7) is 4.72. The average Bonchev–Trinajstić information content (AvgIpc) is 2.46. The summed E-state index contributed by atoms with van der Waals surface area (Å²) in [6, 6.07) is 9.89. The lowest BCUT2D eigenvalue weighted by molar-refractivity contribution is 0.311. The molecule has 0 heterocycles. The predicted octanol–water partition coefficient (Wildman–Crippen LogP) is 3.04. The van der Waals surface area contributed by atoms with E-state index in [1.165, 1.54) is 6.42 Å². The molecule has 20 heavy (non-hydrogen) atoms. The number of benzene rings is 1. The molecule has 0 saturated heterocycles. The van der Waals surface area contributed by atoms with Gasteiger partial charge in [-0.2, -0.15) is 0 Å². The van der Waals surface area contributed by atoms with Crippen LogP contribution in [0.1, 0.15) is 26.2 Å². The van der Waals surface area contributed by atoms with E-state index in [2.05, 4.69) is 22.5 Å². The number of nitrogens with zero attached hydrogens (tertiary/aromatic N) is 1. The number of guanidine groups is 1. The van der Waals surface area contributed by atoms with Crippen LogP contribution >= 0.6 is 24.0 Å². The van der Waals surface area contributed by atoms with Gasteiger partial charge in [0.15, 0.2) is 5.96 Å². The van der Waals surface area contributed by atoms with Crippen molar-refractivity contribution in [3.05, 3.63) is 30.3 Å². The number of halogens is 1. The Balaban J connectivity index is 0.00000361. The first-order valence-corrected chi connectivity index (χ1v) is 6.99. The third-order valence-electron chi connectivity index (χ3n) is 2.67. The van der Waals surface area contributed by atoms with Gasteiger partial charge in [0.1, 0.15) is 5.75 Å². The molecule has 0 aliphatic heterocycles. The van der Waals surface area contributed by atoms with Gasteiger partial charge in [-0.05, 0) is 25.0 Å². The van der Waals surface area contributed by atoms with Crippen LogP contribution in [0.4, 0.5) is 0 Å². The van der Waals surface area contributed by atoms with Gasteiger partial charge in [-0.3, -0.25) is 4.99 Å². The zero-order valence-electron chi connectivity index (χ0n) is 12.4. The molecule has 1 rings (SSSR count).